The van der Waals surface area contributed by atoms with E-state index in [1.54, 1.807) is 24.3 Å². The lowest BCUT2D eigenvalue weighted by Gasteiger charge is -2.32. The van der Waals surface area contributed by atoms with Gasteiger partial charge in [0.2, 0.25) is 21.8 Å². The van der Waals surface area contributed by atoms with E-state index in [0.29, 0.717) is 12.0 Å². The predicted molar refractivity (Wildman–Crippen MR) is 145 cm³/mol. The van der Waals surface area contributed by atoms with E-state index >= 15 is 0 Å². The standard InChI is InChI=1S/C29H34FN3O4S/c1-3-27(29(35)31-25-10-6-7-11-25)33(19-21-12-15-24(30)16-13-21)28(34)20-32(2)38(36,37)26-17-14-22-8-4-5-9-23(22)18-26/h4-5,8-9,12-18,25,27H,3,6-7,10-11,19-20H2,1-2H3,(H,31,35)/t27-/m1/s1. The molecule has 0 unspecified atom stereocenters. The van der Waals surface area contributed by atoms with Gasteiger partial charge in [-0.2, -0.15) is 4.31 Å². The number of hydrogen-bond donors (Lipinski definition) is 1. The average Bonchev–Trinajstić information content (AvgIpc) is 3.42. The maximum absolute atomic E-state index is 13.6. The number of nitrogens with one attached hydrogen (secondary N) is 1. The lowest BCUT2D eigenvalue weighted by Crippen LogP contribution is -2.53. The minimum Gasteiger partial charge on any atom is -0.352 e. The van der Waals surface area contributed by atoms with Gasteiger partial charge in [0.05, 0.1) is 11.4 Å². The molecular formula is C29H34FN3O4S. The fraction of sp³-hybridized carbons (Fsp3) is 0.379. The van der Waals surface area contributed by atoms with E-state index in [4.69, 9.17) is 0 Å². The van der Waals surface area contributed by atoms with Crippen LogP contribution >= 0.6 is 0 Å². The number of carbonyl (C=O) groups is 2. The first kappa shape index (κ1) is 27.7. The number of hydrogen-bond acceptors (Lipinski definition) is 4. The summed E-state index contributed by atoms with van der Waals surface area (Å²) >= 11 is 0. The van der Waals surface area contributed by atoms with Crippen molar-refractivity contribution >= 4 is 32.6 Å². The number of nitrogens with zero attached hydrogens (tertiary/aromatic N) is 2. The van der Waals surface area contributed by atoms with Crippen LogP contribution in [0.15, 0.2) is 71.6 Å². The number of halogens is 1. The highest BCUT2D eigenvalue weighted by Gasteiger charge is 2.33. The molecule has 1 saturated carbocycles. The Kier molecular flexibility index (Phi) is 8.79. The van der Waals surface area contributed by atoms with Gasteiger partial charge in [-0.05, 0) is 59.9 Å². The summed E-state index contributed by atoms with van der Waals surface area (Å²) in [5.41, 5.74) is 0.645. The van der Waals surface area contributed by atoms with Crippen molar-refractivity contribution in [2.75, 3.05) is 13.6 Å². The Morgan fingerprint density at radius 2 is 1.66 bits per heavy atom. The van der Waals surface area contributed by atoms with E-state index in [0.717, 1.165) is 40.8 Å². The van der Waals surface area contributed by atoms with Crippen LogP contribution in [0, 0.1) is 5.82 Å². The topological polar surface area (TPSA) is 86.8 Å². The van der Waals surface area contributed by atoms with Crippen LogP contribution in [-0.2, 0) is 26.2 Å². The number of amides is 2. The lowest BCUT2D eigenvalue weighted by atomic mass is 10.1. The quantitative estimate of drug-likeness (QED) is 0.412. The van der Waals surface area contributed by atoms with Crippen LogP contribution in [0.5, 0.6) is 0 Å². The van der Waals surface area contributed by atoms with Crippen molar-refractivity contribution in [2.24, 2.45) is 0 Å². The zero-order valence-corrected chi connectivity index (χ0v) is 22.6. The first-order chi connectivity index (χ1) is 18.2. The third-order valence-corrected chi connectivity index (χ3v) is 8.94. The number of benzene rings is 3. The third-order valence-electron chi connectivity index (χ3n) is 7.14. The molecule has 202 valence electrons. The first-order valence-corrected chi connectivity index (χ1v) is 14.4. The predicted octanol–water partition coefficient (Wildman–Crippen LogP) is 4.47. The van der Waals surface area contributed by atoms with Crippen molar-refractivity contribution in [1.82, 2.24) is 14.5 Å². The highest BCUT2D eigenvalue weighted by Crippen LogP contribution is 2.23. The SMILES string of the molecule is CC[C@H](C(=O)NC1CCCC1)N(Cc1ccc(F)cc1)C(=O)CN(C)S(=O)(=O)c1ccc2ccccc2c1. The van der Waals surface area contributed by atoms with Crippen molar-refractivity contribution in [3.05, 3.63) is 78.1 Å². The Hall–Kier alpha value is -3.30. The van der Waals surface area contributed by atoms with Crippen LogP contribution in [0.3, 0.4) is 0 Å². The van der Waals surface area contributed by atoms with Crippen molar-refractivity contribution in [3.63, 3.8) is 0 Å². The van der Waals surface area contributed by atoms with Crippen molar-refractivity contribution in [2.45, 2.75) is 62.6 Å². The summed E-state index contributed by atoms with van der Waals surface area (Å²) in [7, 11) is -2.61. The van der Waals surface area contributed by atoms with E-state index in [2.05, 4.69) is 5.32 Å². The maximum atomic E-state index is 13.6. The minimum atomic E-state index is -3.97. The number of likely N-dealkylation sites (N-methyl/N-ethyl adjacent to an activating group) is 1. The van der Waals surface area contributed by atoms with Gasteiger partial charge in [-0.3, -0.25) is 9.59 Å². The van der Waals surface area contributed by atoms with Crippen LogP contribution in [0.4, 0.5) is 4.39 Å². The molecule has 9 heteroatoms. The monoisotopic (exact) mass is 539 g/mol. The molecule has 1 fully saturated rings. The molecule has 0 radical (unpaired) electrons. The molecule has 1 atom stereocenters. The van der Waals surface area contributed by atoms with Crippen molar-refractivity contribution in [1.29, 1.82) is 0 Å². The fourth-order valence-electron chi connectivity index (χ4n) is 4.95. The molecule has 0 aliphatic heterocycles. The summed E-state index contributed by atoms with van der Waals surface area (Å²) in [6, 6.07) is 17.3. The average molecular weight is 540 g/mol. The summed E-state index contributed by atoms with van der Waals surface area (Å²) in [5, 5.41) is 4.75. The number of rotatable bonds is 10. The Bertz CT molecular complexity index is 1390. The molecule has 7 nitrogen and oxygen atoms in total. The normalized spacial score (nSPS) is 15.1. The second-order valence-electron chi connectivity index (χ2n) is 9.83. The summed E-state index contributed by atoms with van der Waals surface area (Å²) in [6.45, 7) is 1.43. The second-order valence-corrected chi connectivity index (χ2v) is 11.9. The molecule has 0 bridgehead atoms. The summed E-state index contributed by atoms with van der Waals surface area (Å²) in [6.07, 6.45) is 4.27. The van der Waals surface area contributed by atoms with Gasteiger partial charge in [-0.25, -0.2) is 12.8 Å². The molecule has 0 saturated heterocycles. The van der Waals surface area contributed by atoms with Gasteiger partial charge in [-0.15, -0.1) is 0 Å². The molecule has 0 heterocycles. The molecule has 4 rings (SSSR count). The fourth-order valence-corrected chi connectivity index (χ4v) is 6.10. The van der Waals surface area contributed by atoms with Crippen LogP contribution in [-0.4, -0.2) is 55.1 Å². The van der Waals surface area contributed by atoms with Gasteiger partial charge < -0.3 is 10.2 Å². The Balaban J connectivity index is 1.57. The first-order valence-electron chi connectivity index (χ1n) is 13.0. The molecule has 0 aromatic heterocycles. The molecular weight excluding hydrogens is 505 g/mol. The van der Waals surface area contributed by atoms with Crippen molar-refractivity contribution in [3.8, 4) is 0 Å². The Labute approximate surface area is 223 Å². The van der Waals surface area contributed by atoms with Gasteiger partial charge in [-0.1, -0.05) is 62.2 Å². The largest absolute Gasteiger partial charge is 0.352 e. The Morgan fingerprint density at radius 3 is 2.32 bits per heavy atom. The molecule has 0 spiro atoms. The lowest BCUT2D eigenvalue weighted by molar-refractivity contribution is -0.141. The van der Waals surface area contributed by atoms with E-state index in [1.807, 2.05) is 31.2 Å². The van der Waals surface area contributed by atoms with Gasteiger partial charge in [0.1, 0.15) is 11.9 Å². The third kappa shape index (κ3) is 6.39. The number of fused-ring (bicyclic) bond motifs is 1. The van der Waals surface area contributed by atoms with Crippen LogP contribution in [0.25, 0.3) is 10.8 Å². The van der Waals surface area contributed by atoms with Gasteiger partial charge in [0, 0.05) is 19.6 Å². The molecule has 38 heavy (non-hydrogen) atoms. The van der Waals surface area contributed by atoms with Crippen molar-refractivity contribution < 1.29 is 22.4 Å². The van der Waals surface area contributed by atoms with Gasteiger partial charge in [0.15, 0.2) is 0 Å². The summed E-state index contributed by atoms with van der Waals surface area (Å²) in [5.74, 6) is -1.16. The molecule has 1 N–H and O–H groups in total. The smallest absolute Gasteiger partial charge is 0.243 e. The molecule has 1 aliphatic rings. The number of carbonyl (C=O) groups excluding carboxylic acids is 2. The number of sulfonamides is 1. The second kappa shape index (κ2) is 12.0. The van der Waals surface area contributed by atoms with Gasteiger partial charge >= 0.3 is 0 Å². The highest BCUT2D eigenvalue weighted by atomic mass is 32.2. The van der Waals surface area contributed by atoms with E-state index in [-0.39, 0.29) is 23.4 Å². The Morgan fingerprint density at radius 1 is 1.00 bits per heavy atom. The summed E-state index contributed by atoms with van der Waals surface area (Å²) < 4.78 is 41.3. The van der Waals surface area contributed by atoms with Gasteiger partial charge in [0.25, 0.3) is 0 Å². The van der Waals surface area contributed by atoms with Crippen LogP contribution < -0.4 is 5.32 Å². The maximum Gasteiger partial charge on any atom is 0.243 e. The summed E-state index contributed by atoms with van der Waals surface area (Å²) in [4.78, 5) is 28.4. The zero-order chi connectivity index (χ0) is 27.3. The van der Waals surface area contributed by atoms with E-state index in [9.17, 15) is 22.4 Å². The minimum absolute atomic E-state index is 0.0551. The molecule has 2 amide bonds. The highest BCUT2D eigenvalue weighted by molar-refractivity contribution is 7.89. The molecule has 3 aromatic rings. The zero-order valence-electron chi connectivity index (χ0n) is 21.8. The van der Waals surface area contributed by atoms with E-state index < -0.39 is 34.3 Å². The van der Waals surface area contributed by atoms with E-state index in [1.165, 1.54) is 30.1 Å². The van der Waals surface area contributed by atoms with Crippen LogP contribution in [0.2, 0.25) is 0 Å². The molecule has 3 aromatic carbocycles. The molecule has 1 aliphatic carbocycles. The van der Waals surface area contributed by atoms with Crippen LogP contribution in [0.1, 0.15) is 44.6 Å².